The smallest absolute Gasteiger partial charge is 0.270 e. The standard InChI is InChI=1S/C29H33N7O2/c1-38-15-14-34-11-9-24(10-12-34)35-13-8-20-17-23(6-7-26(20)35)32-29-31-19-22-16-21(18-30)28(37)36(27(22)33-29)25-4-2-3-5-25/h6-8,13,16-17,19,24-25H,2-5,9-12,14-15H2,1H3,(H,31,32,33). The van der Waals surface area contributed by atoms with Crippen LogP contribution in [-0.2, 0) is 4.74 Å². The van der Waals surface area contributed by atoms with Gasteiger partial charge in [0, 0.05) is 73.2 Å². The van der Waals surface area contributed by atoms with Gasteiger partial charge in [-0.3, -0.25) is 9.36 Å². The third kappa shape index (κ3) is 4.66. The number of ether oxygens (including phenoxy) is 1. The van der Waals surface area contributed by atoms with Gasteiger partial charge < -0.3 is 19.5 Å². The average molecular weight is 512 g/mol. The van der Waals surface area contributed by atoms with E-state index in [-0.39, 0.29) is 17.2 Å². The van der Waals surface area contributed by atoms with Gasteiger partial charge in [0.2, 0.25) is 5.95 Å². The van der Waals surface area contributed by atoms with Gasteiger partial charge in [0.05, 0.1) is 6.61 Å². The highest BCUT2D eigenvalue weighted by Gasteiger charge is 2.23. The van der Waals surface area contributed by atoms with Crippen molar-refractivity contribution in [1.82, 2.24) is 24.0 Å². The molecule has 1 saturated heterocycles. The summed E-state index contributed by atoms with van der Waals surface area (Å²) in [7, 11) is 1.76. The van der Waals surface area contributed by atoms with Crippen LogP contribution in [0.4, 0.5) is 11.6 Å². The molecule has 0 atom stereocenters. The third-order valence-electron chi connectivity index (χ3n) is 8.12. The topological polar surface area (TPSA) is 101 Å². The maximum Gasteiger partial charge on any atom is 0.270 e. The minimum Gasteiger partial charge on any atom is -0.383 e. The van der Waals surface area contributed by atoms with Crippen molar-refractivity contribution in [2.24, 2.45) is 0 Å². The zero-order chi connectivity index (χ0) is 26.1. The number of rotatable bonds is 7. The van der Waals surface area contributed by atoms with Crippen LogP contribution < -0.4 is 10.9 Å². The van der Waals surface area contributed by atoms with Crippen LogP contribution in [0.2, 0.25) is 0 Å². The van der Waals surface area contributed by atoms with E-state index < -0.39 is 0 Å². The van der Waals surface area contributed by atoms with E-state index in [0.29, 0.717) is 23.0 Å². The number of hydrogen-bond donors (Lipinski definition) is 1. The van der Waals surface area contributed by atoms with Gasteiger partial charge in [-0.2, -0.15) is 10.2 Å². The first-order valence-corrected chi connectivity index (χ1v) is 13.6. The molecule has 9 nitrogen and oxygen atoms in total. The van der Waals surface area contributed by atoms with Crippen LogP contribution in [0.1, 0.15) is 56.2 Å². The molecular weight excluding hydrogens is 478 g/mol. The van der Waals surface area contributed by atoms with Crippen molar-refractivity contribution < 1.29 is 4.74 Å². The van der Waals surface area contributed by atoms with Crippen molar-refractivity contribution >= 4 is 33.6 Å². The molecular formula is C29H33N7O2. The van der Waals surface area contributed by atoms with Crippen molar-refractivity contribution in [3.8, 4) is 6.07 Å². The van der Waals surface area contributed by atoms with Crippen LogP contribution in [0.3, 0.4) is 0 Å². The first kappa shape index (κ1) is 24.6. The predicted octanol–water partition coefficient (Wildman–Crippen LogP) is 4.76. The van der Waals surface area contributed by atoms with Crippen LogP contribution in [-0.4, -0.2) is 57.4 Å². The largest absolute Gasteiger partial charge is 0.383 e. The number of piperidine rings is 1. The normalized spacial score (nSPS) is 17.4. The van der Waals surface area contributed by atoms with Gasteiger partial charge in [0.15, 0.2) is 0 Å². The molecule has 0 bridgehead atoms. The van der Waals surface area contributed by atoms with Crippen molar-refractivity contribution in [2.45, 2.75) is 50.6 Å². The highest BCUT2D eigenvalue weighted by atomic mass is 16.5. The minimum absolute atomic E-state index is 0.0732. The summed E-state index contributed by atoms with van der Waals surface area (Å²) in [5, 5.41) is 14.7. The van der Waals surface area contributed by atoms with Gasteiger partial charge in [-0.1, -0.05) is 12.8 Å². The number of hydrogen-bond acceptors (Lipinski definition) is 7. The lowest BCUT2D eigenvalue weighted by atomic mass is 10.0. The molecule has 1 aromatic carbocycles. The van der Waals surface area contributed by atoms with Gasteiger partial charge in [0.25, 0.3) is 5.56 Å². The Morgan fingerprint density at radius 2 is 1.89 bits per heavy atom. The first-order valence-electron chi connectivity index (χ1n) is 13.6. The molecule has 0 amide bonds. The second-order valence-corrected chi connectivity index (χ2v) is 10.4. The summed E-state index contributed by atoms with van der Waals surface area (Å²) in [6, 6.07) is 12.7. The zero-order valence-corrected chi connectivity index (χ0v) is 21.8. The Bertz CT molecular complexity index is 1550. The number of methoxy groups -OCH3 is 1. The summed E-state index contributed by atoms with van der Waals surface area (Å²) < 4.78 is 9.36. The van der Waals surface area contributed by atoms with E-state index in [1.807, 2.05) is 6.07 Å². The summed E-state index contributed by atoms with van der Waals surface area (Å²) in [4.78, 5) is 24.8. The molecule has 196 valence electrons. The fourth-order valence-electron chi connectivity index (χ4n) is 6.09. The SMILES string of the molecule is COCCN1CCC(n2ccc3cc(Nc4ncc5cc(C#N)c(=O)n(C6CCCC6)c5n4)ccc32)CC1. The summed E-state index contributed by atoms with van der Waals surface area (Å²) in [5.41, 5.74) is 2.59. The second kappa shape index (κ2) is 10.6. The maximum absolute atomic E-state index is 13.1. The number of anilines is 2. The van der Waals surface area contributed by atoms with E-state index in [0.717, 1.165) is 70.5 Å². The fourth-order valence-corrected chi connectivity index (χ4v) is 6.09. The zero-order valence-electron chi connectivity index (χ0n) is 21.8. The highest BCUT2D eigenvalue weighted by molar-refractivity contribution is 5.85. The van der Waals surface area contributed by atoms with Crippen molar-refractivity contribution in [2.75, 3.05) is 38.7 Å². The van der Waals surface area contributed by atoms with Crippen molar-refractivity contribution in [3.63, 3.8) is 0 Å². The van der Waals surface area contributed by atoms with Gasteiger partial charge in [-0.15, -0.1) is 0 Å². The number of nitriles is 1. The van der Waals surface area contributed by atoms with Crippen LogP contribution in [0, 0.1) is 11.3 Å². The van der Waals surface area contributed by atoms with Gasteiger partial charge in [0.1, 0.15) is 17.3 Å². The van der Waals surface area contributed by atoms with E-state index in [9.17, 15) is 10.1 Å². The number of pyridine rings is 1. The molecule has 0 radical (unpaired) electrons. The van der Waals surface area contributed by atoms with Gasteiger partial charge in [-0.25, -0.2) is 4.98 Å². The van der Waals surface area contributed by atoms with Crippen LogP contribution in [0.15, 0.2) is 47.5 Å². The molecule has 1 aliphatic heterocycles. The molecule has 2 fully saturated rings. The lowest BCUT2D eigenvalue weighted by Gasteiger charge is -2.33. The Labute approximate surface area is 221 Å². The summed E-state index contributed by atoms with van der Waals surface area (Å²) >= 11 is 0. The molecule has 0 spiro atoms. The third-order valence-corrected chi connectivity index (χ3v) is 8.12. The Hall–Kier alpha value is -3.74. The quantitative estimate of drug-likeness (QED) is 0.382. The number of likely N-dealkylation sites (tertiary alicyclic amines) is 1. The Morgan fingerprint density at radius 3 is 2.66 bits per heavy atom. The molecule has 1 N–H and O–H groups in total. The lowest BCUT2D eigenvalue weighted by molar-refractivity contribution is 0.122. The molecule has 6 rings (SSSR count). The Kier molecular flexibility index (Phi) is 6.83. The van der Waals surface area contributed by atoms with Gasteiger partial charge >= 0.3 is 0 Å². The van der Waals surface area contributed by atoms with Crippen molar-refractivity contribution in [1.29, 1.82) is 5.26 Å². The molecule has 1 aliphatic carbocycles. The Balaban J connectivity index is 1.25. The highest BCUT2D eigenvalue weighted by Crippen LogP contribution is 2.32. The van der Waals surface area contributed by atoms with E-state index in [4.69, 9.17) is 9.72 Å². The van der Waals surface area contributed by atoms with Crippen LogP contribution >= 0.6 is 0 Å². The maximum atomic E-state index is 13.1. The molecule has 1 saturated carbocycles. The molecule has 38 heavy (non-hydrogen) atoms. The first-order chi connectivity index (χ1) is 18.6. The lowest BCUT2D eigenvalue weighted by Crippen LogP contribution is -2.36. The van der Waals surface area contributed by atoms with E-state index in [1.54, 1.807) is 23.9 Å². The number of benzene rings is 1. The molecule has 0 unspecified atom stereocenters. The monoisotopic (exact) mass is 511 g/mol. The van der Waals surface area contributed by atoms with Gasteiger partial charge in [-0.05, 0) is 56.0 Å². The summed E-state index contributed by atoms with van der Waals surface area (Å²) in [6.45, 7) is 3.97. The Morgan fingerprint density at radius 1 is 1.08 bits per heavy atom. The molecule has 2 aliphatic rings. The van der Waals surface area contributed by atoms with Crippen LogP contribution in [0.25, 0.3) is 21.9 Å². The van der Waals surface area contributed by atoms with E-state index >= 15 is 0 Å². The summed E-state index contributed by atoms with van der Waals surface area (Å²) in [5.74, 6) is 0.440. The van der Waals surface area contributed by atoms with E-state index in [1.165, 1.54) is 10.9 Å². The molecule has 3 aromatic heterocycles. The molecule has 4 aromatic rings. The molecule has 9 heteroatoms. The van der Waals surface area contributed by atoms with E-state index in [2.05, 4.69) is 50.2 Å². The number of aromatic nitrogens is 4. The number of fused-ring (bicyclic) bond motifs is 2. The predicted molar refractivity (Wildman–Crippen MR) is 148 cm³/mol. The van der Waals surface area contributed by atoms with Crippen molar-refractivity contribution in [3.05, 3.63) is 58.6 Å². The molecule has 4 heterocycles. The summed E-state index contributed by atoms with van der Waals surface area (Å²) in [6.07, 6.45) is 10.2. The average Bonchev–Trinajstić information content (AvgIpc) is 3.62. The number of nitrogens with zero attached hydrogens (tertiary/aromatic N) is 6. The second-order valence-electron chi connectivity index (χ2n) is 10.4. The fraction of sp³-hybridized carbons (Fsp3) is 0.448. The number of nitrogens with one attached hydrogen (secondary N) is 1. The van der Waals surface area contributed by atoms with Crippen LogP contribution in [0.5, 0.6) is 0 Å². The minimum atomic E-state index is -0.260.